The molecule has 0 aromatic heterocycles. The van der Waals surface area contributed by atoms with Crippen LogP contribution in [0.1, 0.15) is 6.92 Å². The van der Waals surface area contributed by atoms with Crippen molar-refractivity contribution in [3.05, 3.63) is 0 Å². The van der Waals surface area contributed by atoms with Crippen molar-refractivity contribution < 1.29 is 0 Å². The highest BCUT2D eigenvalue weighted by Gasteiger charge is 2.16. The molecule has 1 atom stereocenters. The minimum absolute atomic E-state index is 0.202. The molecule has 1 saturated heterocycles. The highest BCUT2D eigenvalue weighted by molar-refractivity contribution is 6.20. The van der Waals surface area contributed by atoms with E-state index in [0.29, 0.717) is 0 Å². The molecular weight excluding hydrogens is 148 g/mol. The SMILES string of the molecule is CC(Cl)N1CCN(C)CC1. The third-order valence-corrected chi connectivity index (χ3v) is 2.32. The highest BCUT2D eigenvalue weighted by atomic mass is 35.5. The molecule has 0 aromatic carbocycles. The molecule has 10 heavy (non-hydrogen) atoms. The summed E-state index contributed by atoms with van der Waals surface area (Å²) in [7, 11) is 2.15. The molecular formula is C7H15ClN2. The standard InChI is InChI=1S/C7H15ClN2/c1-7(8)10-5-3-9(2)4-6-10/h7H,3-6H2,1-2H3. The van der Waals surface area contributed by atoms with Gasteiger partial charge in [0.15, 0.2) is 0 Å². The zero-order chi connectivity index (χ0) is 7.56. The summed E-state index contributed by atoms with van der Waals surface area (Å²) in [6.45, 7) is 6.56. The van der Waals surface area contributed by atoms with Gasteiger partial charge in [-0.1, -0.05) is 0 Å². The summed E-state index contributed by atoms with van der Waals surface area (Å²) in [5.74, 6) is 0. The average Bonchev–Trinajstić information content (AvgIpc) is 1.88. The molecule has 0 N–H and O–H groups in total. The van der Waals surface area contributed by atoms with Crippen molar-refractivity contribution in [1.29, 1.82) is 0 Å². The van der Waals surface area contributed by atoms with Gasteiger partial charge in [-0.15, -0.1) is 11.6 Å². The third kappa shape index (κ3) is 2.11. The lowest BCUT2D eigenvalue weighted by molar-refractivity contribution is 0.147. The maximum atomic E-state index is 5.91. The Hall–Kier alpha value is 0.210. The van der Waals surface area contributed by atoms with Crippen LogP contribution in [0, 0.1) is 0 Å². The van der Waals surface area contributed by atoms with E-state index in [1.54, 1.807) is 0 Å². The second kappa shape index (κ2) is 3.56. The Morgan fingerprint density at radius 1 is 1.20 bits per heavy atom. The van der Waals surface area contributed by atoms with Gasteiger partial charge in [0.05, 0.1) is 5.50 Å². The van der Waals surface area contributed by atoms with Gasteiger partial charge < -0.3 is 4.90 Å². The zero-order valence-corrected chi connectivity index (χ0v) is 7.43. The molecule has 1 unspecified atom stereocenters. The van der Waals surface area contributed by atoms with E-state index in [-0.39, 0.29) is 5.50 Å². The van der Waals surface area contributed by atoms with E-state index < -0.39 is 0 Å². The molecule has 0 aliphatic carbocycles. The number of piperazine rings is 1. The third-order valence-electron chi connectivity index (χ3n) is 2.04. The normalized spacial score (nSPS) is 26.7. The van der Waals surface area contributed by atoms with Crippen LogP contribution in [0.5, 0.6) is 0 Å². The van der Waals surface area contributed by atoms with Gasteiger partial charge in [0.2, 0.25) is 0 Å². The summed E-state index contributed by atoms with van der Waals surface area (Å²) < 4.78 is 0. The Balaban J connectivity index is 2.26. The summed E-state index contributed by atoms with van der Waals surface area (Å²) in [6, 6.07) is 0. The van der Waals surface area contributed by atoms with Gasteiger partial charge in [-0.2, -0.15) is 0 Å². The molecule has 0 spiro atoms. The fourth-order valence-electron chi connectivity index (χ4n) is 1.18. The van der Waals surface area contributed by atoms with Gasteiger partial charge in [-0.25, -0.2) is 0 Å². The average molecular weight is 163 g/mol. The Bertz CT molecular complexity index is 97.8. The minimum atomic E-state index is 0.202. The van der Waals surface area contributed by atoms with Crippen molar-refractivity contribution >= 4 is 11.6 Å². The minimum Gasteiger partial charge on any atom is -0.304 e. The van der Waals surface area contributed by atoms with Crippen LogP contribution in [0.2, 0.25) is 0 Å². The molecule has 1 heterocycles. The zero-order valence-electron chi connectivity index (χ0n) is 6.68. The van der Waals surface area contributed by atoms with Crippen LogP contribution in [0.3, 0.4) is 0 Å². The van der Waals surface area contributed by atoms with Crippen molar-refractivity contribution in [1.82, 2.24) is 9.80 Å². The van der Waals surface area contributed by atoms with E-state index in [1.165, 1.54) is 0 Å². The predicted octanol–water partition coefficient (Wildman–Crippen LogP) is 0.819. The molecule has 0 saturated carbocycles. The topological polar surface area (TPSA) is 6.48 Å². The van der Waals surface area contributed by atoms with Gasteiger partial charge in [-0.05, 0) is 14.0 Å². The first kappa shape index (κ1) is 8.31. The Morgan fingerprint density at radius 3 is 2.10 bits per heavy atom. The number of likely N-dealkylation sites (N-methyl/N-ethyl adjacent to an activating group) is 1. The van der Waals surface area contributed by atoms with Crippen molar-refractivity contribution in [2.24, 2.45) is 0 Å². The fourth-order valence-corrected chi connectivity index (χ4v) is 1.37. The lowest BCUT2D eigenvalue weighted by Gasteiger charge is -2.33. The highest BCUT2D eigenvalue weighted by Crippen LogP contribution is 2.06. The second-order valence-corrected chi connectivity index (χ2v) is 3.54. The molecule has 1 rings (SSSR count). The lowest BCUT2D eigenvalue weighted by Crippen LogP contribution is -2.46. The van der Waals surface area contributed by atoms with Gasteiger partial charge in [-0.3, -0.25) is 4.90 Å². The van der Waals surface area contributed by atoms with E-state index in [4.69, 9.17) is 11.6 Å². The summed E-state index contributed by atoms with van der Waals surface area (Å²) in [5, 5.41) is 0. The van der Waals surface area contributed by atoms with Crippen LogP contribution in [0.15, 0.2) is 0 Å². The van der Waals surface area contributed by atoms with Crippen molar-refractivity contribution in [3.8, 4) is 0 Å². The van der Waals surface area contributed by atoms with Crippen LogP contribution in [0.4, 0.5) is 0 Å². The van der Waals surface area contributed by atoms with Crippen LogP contribution in [0.25, 0.3) is 0 Å². The predicted molar refractivity (Wildman–Crippen MR) is 44.4 cm³/mol. The molecule has 0 amide bonds. The Kier molecular flexibility index (Phi) is 2.96. The van der Waals surface area contributed by atoms with Gasteiger partial charge in [0.25, 0.3) is 0 Å². The van der Waals surface area contributed by atoms with Crippen molar-refractivity contribution in [3.63, 3.8) is 0 Å². The summed E-state index contributed by atoms with van der Waals surface area (Å²) >= 11 is 5.91. The van der Waals surface area contributed by atoms with E-state index >= 15 is 0 Å². The van der Waals surface area contributed by atoms with E-state index in [9.17, 15) is 0 Å². The molecule has 0 aromatic rings. The molecule has 2 nitrogen and oxygen atoms in total. The fraction of sp³-hybridized carbons (Fsp3) is 1.00. The van der Waals surface area contributed by atoms with E-state index in [1.807, 2.05) is 6.92 Å². The monoisotopic (exact) mass is 162 g/mol. The first-order valence-corrected chi connectivity index (χ1v) is 4.20. The quantitative estimate of drug-likeness (QED) is 0.416. The molecule has 3 heteroatoms. The number of hydrogen-bond acceptors (Lipinski definition) is 2. The number of alkyl halides is 1. The van der Waals surface area contributed by atoms with Crippen molar-refractivity contribution in [2.45, 2.75) is 12.4 Å². The van der Waals surface area contributed by atoms with Crippen LogP contribution in [-0.4, -0.2) is 48.5 Å². The molecule has 1 fully saturated rings. The maximum Gasteiger partial charge on any atom is 0.0822 e. The van der Waals surface area contributed by atoms with Gasteiger partial charge in [0, 0.05) is 26.2 Å². The van der Waals surface area contributed by atoms with Crippen LogP contribution in [-0.2, 0) is 0 Å². The maximum absolute atomic E-state index is 5.91. The van der Waals surface area contributed by atoms with Crippen LogP contribution < -0.4 is 0 Å². The molecule has 60 valence electrons. The smallest absolute Gasteiger partial charge is 0.0822 e. The summed E-state index contributed by atoms with van der Waals surface area (Å²) in [5.41, 5.74) is 0.202. The first-order valence-electron chi connectivity index (χ1n) is 3.77. The molecule has 1 aliphatic heterocycles. The number of hydrogen-bond donors (Lipinski definition) is 0. The molecule has 0 bridgehead atoms. The summed E-state index contributed by atoms with van der Waals surface area (Å²) in [6.07, 6.45) is 0. The van der Waals surface area contributed by atoms with E-state index in [0.717, 1.165) is 26.2 Å². The van der Waals surface area contributed by atoms with Gasteiger partial charge in [0.1, 0.15) is 0 Å². The Labute approximate surface area is 67.7 Å². The summed E-state index contributed by atoms with van der Waals surface area (Å²) in [4.78, 5) is 4.62. The second-order valence-electron chi connectivity index (χ2n) is 2.91. The van der Waals surface area contributed by atoms with Crippen LogP contribution >= 0.6 is 11.6 Å². The lowest BCUT2D eigenvalue weighted by atomic mass is 10.3. The number of rotatable bonds is 1. The first-order chi connectivity index (χ1) is 4.70. The van der Waals surface area contributed by atoms with Crippen molar-refractivity contribution in [2.75, 3.05) is 33.2 Å². The van der Waals surface area contributed by atoms with E-state index in [2.05, 4.69) is 16.8 Å². The largest absolute Gasteiger partial charge is 0.304 e. The van der Waals surface area contributed by atoms with Gasteiger partial charge >= 0.3 is 0 Å². The molecule has 0 radical (unpaired) electrons. The number of nitrogens with zero attached hydrogens (tertiary/aromatic N) is 2. The molecule has 1 aliphatic rings. The number of halogens is 1. The Morgan fingerprint density at radius 2 is 1.70 bits per heavy atom.